The maximum Gasteiger partial charge on any atom is 0.248 e. The summed E-state index contributed by atoms with van der Waals surface area (Å²) in [4.78, 5) is 4.17. The number of unbranched alkanes of at least 4 members (excludes halogenated alkanes) is 1. The summed E-state index contributed by atoms with van der Waals surface area (Å²) in [5, 5.41) is 19.0. The van der Waals surface area contributed by atoms with E-state index in [1.165, 1.54) is 0 Å². The van der Waals surface area contributed by atoms with E-state index in [0.29, 0.717) is 11.8 Å². The molecule has 148 valence electrons. The van der Waals surface area contributed by atoms with Crippen LogP contribution in [0.25, 0.3) is 39.4 Å². The Morgan fingerprint density at radius 2 is 1.80 bits per heavy atom. The minimum Gasteiger partial charge on any atom is -0.416 e. The molecule has 5 aromatic rings. The summed E-state index contributed by atoms with van der Waals surface area (Å²) in [6, 6.07) is 15.8. The van der Waals surface area contributed by atoms with Gasteiger partial charge in [-0.15, -0.1) is 15.3 Å². The first kappa shape index (κ1) is 18.2. The average molecular weight is 396 g/mol. The average Bonchev–Trinajstić information content (AvgIpc) is 3.48. The summed E-state index contributed by atoms with van der Waals surface area (Å²) >= 11 is 0. The molecule has 30 heavy (non-hydrogen) atoms. The van der Waals surface area contributed by atoms with Gasteiger partial charge in [-0.25, -0.2) is 4.68 Å². The van der Waals surface area contributed by atoms with Crippen LogP contribution in [0.3, 0.4) is 0 Å². The van der Waals surface area contributed by atoms with Crippen molar-refractivity contribution in [1.29, 1.82) is 0 Å². The van der Waals surface area contributed by atoms with Crippen LogP contribution in [0.4, 0.5) is 0 Å². The van der Waals surface area contributed by atoms with Crippen LogP contribution >= 0.6 is 0 Å². The van der Waals surface area contributed by atoms with E-state index in [9.17, 15) is 0 Å². The highest BCUT2D eigenvalue weighted by Gasteiger charge is 2.13. The van der Waals surface area contributed by atoms with E-state index in [1.807, 2.05) is 60.9 Å². The molecule has 0 amide bonds. The van der Waals surface area contributed by atoms with Gasteiger partial charge in [0, 0.05) is 28.9 Å². The maximum absolute atomic E-state index is 5.98. The monoisotopic (exact) mass is 396 g/mol. The van der Waals surface area contributed by atoms with Crippen LogP contribution in [0, 0.1) is 0 Å². The Morgan fingerprint density at radius 3 is 2.67 bits per heavy atom. The third kappa shape index (κ3) is 3.45. The lowest BCUT2D eigenvalue weighted by atomic mass is 10.1. The molecule has 0 fully saturated rings. The van der Waals surface area contributed by atoms with E-state index in [-0.39, 0.29) is 0 Å². The molecule has 3 aromatic heterocycles. The standard InChI is InChI=1S/C23H20N6O/c1-2-3-6-18-15-29(28-25-18)19-10-8-16(9-11-19)22-26-27-23(30-22)21-7-4-5-17-14-24-13-12-20(17)21/h4-5,7-15H,2-3,6H2,1H3. The van der Waals surface area contributed by atoms with Gasteiger partial charge in [-0.05, 0) is 54.6 Å². The lowest BCUT2D eigenvalue weighted by molar-refractivity contribution is 0.585. The predicted molar refractivity (Wildman–Crippen MR) is 114 cm³/mol. The van der Waals surface area contributed by atoms with Crippen LogP contribution in [0.1, 0.15) is 25.5 Å². The molecule has 0 unspecified atom stereocenters. The Kier molecular flexibility index (Phi) is 4.77. The van der Waals surface area contributed by atoms with E-state index < -0.39 is 0 Å². The van der Waals surface area contributed by atoms with E-state index in [4.69, 9.17) is 4.42 Å². The van der Waals surface area contributed by atoms with Gasteiger partial charge in [-0.2, -0.15) is 0 Å². The summed E-state index contributed by atoms with van der Waals surface area (Å²) in [5.41, 5.74) is 3.70. The molecule has 0 aliphatic heterocycles. The van der Waals surface area contributed by atoms with Crippen molar-refractivity contribution in [3.05, 3.63) is 72.8 Å². The van der Waals surface area contributed by atoms with Gasteiger partial charge in [0.05, 0.1) is 17.6 Å². The fourth-order valence-corrected chi connectivity index (χ4v) is 3.41. The molecule has 0 saturated heterocycles. The lowest BCUT2D eigenvalue weighted by Crippen LogP contribution is -1.94. The number of hydrogen-bond acceptors (Lipinski definition) is 6. The second kappa shape index (κ2) is 7.87. The molecule has 0 bridgehead atoms. The fourth-order valence-electron chi connectivity index (χ4n) is 3.41. The second-order valence-electron chi connectivity index (χ2n) is 7.12. The zero-order chi connectivity index (χ0) is 20.3. The quantitative estimate of drug-likeness (QED) is 0.407. The molecular formula is C23H20N6O. The van der Waals surface area contributed by atoms with Crippen molar-refractivity contribution in [3.63, 3.8) is 0 Å². The molecule has 0 aliphatic rings. The smallest absolute Gasteiger partial charge is 0.248 e. The van der Waals surface area contributed by atoms with Gasteiger partial charge >= 0.3 is 0 Å². The first-order valence-corrected chi connectivity index (χ1v) is 10.0. The Bertz CT molecular complexity index is 1280. The molecule has 2 aromatic carbocycles. The van der Waals surface area contributed by atoms with Crippen molar-refractivity contribution in [1.82, 2.24) is 30.2 Å². The molecule has 0 atom stereocenters. The van der Waals surface area contributed by atoms with E-state index in [2.05, 4.69) is 32.4 Å². The van der Waals surface area contributed by atoms with E-state index in [0.717, 1.165) is 52.5 Å². The number of nitrogens with zero attached hydrogens (tertiary/aromatic N) is 6. The molecule has 0 N–H and O–H groups in total. The molecule has 5 rings (SSSR count). The highest BCUT2D eigenvalue weighted by atomic mass is 16.4. The number of hydrogen-bond donors (Lipinski definition) is 0. The lowest BCUT2D eigenvalue weighted by Gasteiger charge is -2.02. The molecule has 7 heteroatoms. The van der Waals surface area contributed by atoms with Gasteiger partial charge in [-0.3, -0.25) is 4.98 Å². The zero-order valence-electron chi connectivity index (χ0n) is 16.6. The van der Waals surface area contributed by atoms with Crippen LogP contribution in [-0.4, -0.2) is 30.2 Å². The zero-order valence-corrected chi connectivity index (χ0v) is 16.6. The first-order chi connectivity index (χ1) is 14.8. The van der Waals surface area contributed by atoms with Gasteiger partial charge < -0.3 is 4.42 Å². The molecule has 7 nitrogen and oxygen atoms in total. The van der Waals surface area contributed by atoms with Crippen molar-refractivity contribution in [2.75, 3.05) is 0 Å². The number of aromatic nitrogens is 6. The second-order valence-corrected chi connectivity index (χ2v) is 7.12. The van der Waals surface area contributed by atoms with E-state index in [1.54, 1.807) is 10.9 Å². The van der Waals surface area contributed by atoms with Crippen LogP contribution in [0.2, 0.25) is 0 Å². The third-order valence-corrected chi connectivity index (χ3v) is 5.04. The Labute approximate surface area is 173 Å². The fraction of sp³-hybridized carbons (Fsp3) is 0.174. The molecule has 0 spiro atoms. The molecular weight excluding hydrogens is 376 g/mol. The molecule has 3 heterocycles. The Balaban J connectivity index is 1.41. The largest absolute Gasteiger partial charge is 0.416 e. The summed E-state index contributed by atoms with van der Waals surface area (Å²) in [6.45, 7) is 2.17. The van der Waals surface area contributed by atoms with Crippen molar-refractivity contribution in [2.45, 2.75) is 26.2 Å². The summed E-state index contributed by atoms with van der Waals surface area (Å²) in [7, 11) is 0. The number of rotatable bonds is 6. The van der Waals surface area contributed by atoms with Crippen molar-refractivity contribution in [3.8, 4) is 28.6 Å². The van der Waals surface area contributed by atoms with Crippen LogP contribution in [-0.2, 0) is 6.42 Å². The summed E-state index contributed by atoms with van der Waals surface area (Å²) in [5.74, 6) is 0.965. The minimum absolute atomic E-state index is 0.477. The topological polar surface area (TPSA) is 82.5 Å². The Morgan fingerprint density at radius 1 is 0.933 bits per heavy atom. The Hall–Kier alpha value is -3.87. The molecule has 0 radical (unpaired) electrons. The van der Waals surface area contributed by atoms with Crippen molar-refractivity contribution >= 4 is 10.8 Å². The molecule has 0 saturated carbocycles. The number of benzene rings is 2. The predicted octanol–water partition coefficient (Wildman–Crippen LogP) is 4.88. The van der Waals surface area contributed by atoms with Crippen molar-refractivity contribution < 1.29 is 4.42 Å². The number of aryl methyl sites for hydroxylation is 1. The maximum atomic E-state index is 5.98. The van der Waals surface area contributed by atoms with Crippen LogP contribution in [0.15, 0.2) is 71.5 Å². The SMILES string of the molecule is CCCCc1cn(-c2ccc(-c3nnc(-c4cccc5cnccc45)o3)cc2)nn1. The van der Waals surface area contributed by atoms with Gasteiger partial charge in [0.2, 0.25) is 11.8 Å². The summed E-state index contributed by atoms with van der Waals surface area (Å²) in [6.07, 6.45) is 8.77. The minimum atomic E-state index is 0.477. The number of fused-ring (bicyclic) bond motifs is 1. The van der Waals surface area contributed by atoms with Gasteiger partial charge in [0.1, 0.15) is 0 Å². The van der Waals surface area contributed by atoms with Crippen molar-refractivity contribution in [2.24, 2.45) is 0 Å². The highest BCUT2D eigenvalue weighted by molar-refractivity contribution is 5.94. The molecule has 0 aliphatic carbocycles. The van der Waals surface area contributed by atoms with Crippen LogP contribution < -0.4 is 0 Å². The third-order valence-electron chi connectivity index (χ3n) is 5.04. The van der Waals surface area contributed by atoms with Crippen LogP contribution in [0.5, 0.6) is 0 Å². The summed E-state index contributed by atoms with van der Waals surface area (Å²) < 4.78 is 7.77. The van der Waals surface area contributed by atoms with Gasteiger partial charge in [0.25, 0.3) is 0 Å². The van der Waals surface area contributed by atoms with Gasteiger partial charge in [0.15, 0.2) is 0 Å². The van der Waals surface area contributed by atoms with Gasteiger partial charge in [-0.1, -0.05) is 30.7 Å². The first-order valence-electron chi connectivity index (χ1n) is 10.0. The highest BCUT2D eigenvalue weighted by Crippen LogP contribution is 2.29. The number of pyridine rings is 1. The van der Waals surface area contributed by atoms with E-state index >= 15 is 0 Å². The normalized spacial score (nSPS) is 11.2.